The van der Waals surface area contributed by atoms with Crippen LogP contribution in [0.3, 0.4) is 0 Å². The van der Waals surface area contributed by atoms with E-state index in [2.05, 4.69) is 0 Å². The third-order valence-electron chi connectivity index (χ3n) is 1.01. The van der Waals surface area contributed by atoms with E-state index in [0.29, 0.717) is 12.6 Å². The quantitative estimate of drug-likeness (QED) is 0.503. The largest absolute Gasteiger partial charge is 0.396 e. The number of rotatable bonds is 4. The lowest BCUT2D eigenvalue weighted by Crippen LogP contribution is -1.81. The molecule has 0 spiro atoms. The van der Waals surface area contributed by atoms with Gasteiger partial charge in [0, 0.05) is 12.8 Å². The lowest BCUT2D eigenvalue weighted by atomic mass is 10.4. The number of aliphatic hydroxyl groups is 1. The van der Waals surface area contributed by atoms with Crippen LogP contribution in [0, 0.1) is 0 Å². The molecule has 0 unspecified atom stereocenters. The molecule has 0 heterocycles. The summed E-state index contributed by atoms with van der Waals surface area (Å²) in [5, 5.41) is 8.38. The van der Waals surface area contributed by atoms with Crippen molar-refractivity contribution in [3.63, 3.8) is 0 Å². The van der Waals surface area contributed by atoms with E-state index >= 15 is 0 Å². The highest BCUT2D eigenvalue weighted by Gasteiger charge is 2.01. The number of hydrogen-bond acceptors (Lipinski definition) is 2. The molecule has 0 saturated carbocycles. The first-order chi connectivity index (χ1) is 4.56. The van der Waals surface area contributed by atoms with Crippen molar-refractivity contribution in [2.75, 3.05) is 26.1 Å². The number of hydrogen-bond donors (Lipinski definition) is 1. The van der Waals surface area contributed by atoms with Crippen LogP contribution in [0.2, 0.25) is 0 Å². The molecular weight excluding hydrogens is 147 g/mol. The molecule has 0 saturated heterocycles. The minimum Gasteiger partial charge on any atom is -0.396 e. The highest BCUT2D eigenvalue weighted by atomic mass is 31.2. The molecule has 0 aliphatic rings. The topological polar surface area (TPSA) is 37.3 Å². The molecule has 2 nitrogen and oxygen atoms in total. The maximum Gasteiger partial charge on any atom is 0.0854 e. The second-order valence-electron chi connectivity index (χ2n) is 2.74. The Morgan fingerprint density at radius 3 is 2.40 bits per heavy atom. The molecule has 0 rings (SSSR count). The van der Waals surface area contributed by atoms with Gasteiger partial charge in [-0.15, -0.1) is 0 Å². The molecule has 10 heavy (non-hydrogen) atoms. The lowest BCUT2D eigenvalue weighted by molar-refractivity contribution is 0.302. The minimum absolute atomic E-state index is 0.175. The molecule has 0 aliphatic heterocycles. The Hall–Kier alpha value is -0.0700. The molecule has 1 N–H and O–H groups in total. The Morgan fingerprint density at radius 1 is 1.40 bits per heavy atom. The van der Waals surface area contributed by atoms with E-state index in [1.165, 1.54) is 0 Å². The molecule has 0 aliphatic carbocycles. The van der Waals surface area contributed by atoms with Crippen molar-refractivity contribution in [2.24, 2.45) is 0 Å². The van der Waals surface area contributed by atoms with E-state index in [4.69, 9.17) is 5.11 Å². The Morgan fingerprint density at radius 2 is 2.00 bits per heavy atom. The van der Waals surface area contributed by atoms with Gasteiger partial charge in [-0.25, -0.2) is 0 Å². The van der Waals surface area contributed by atoms with Crippen LogP contribution < -0.4 is 0 Å². The predicted molar refractivity (Wildman–Crippen MR) is 45.2 cm³/mol. The first-order valence-electron chi connectivity index (χ1n) is 3.36. The van der Waals surface area contributed by atoms with Crippen molar-refractivity contribution in [3.05, 3.63) is 12.2 Å². The first-order valence-corrected chi connectivity index (χ1v) is 6.15. The fourth-order valence-corrected chi connectivity index (χ4v) is 1.18. The van der Waals surface area contributed by atoms with Gasteiger partial charge < -0.3 is 9.67 Å². The molecule has 0 radical (unpaired) electrons. The molecule has 0 fully saturated rings. The van der Waals surface area contributed by atoms with E-state index in [9.17, 15) is 4.57 Å². The molecule has 3 heteroatoms. The van der Waals surface area contributed by atoms with E-state index in [0.717, 1.165) is 0 Å². The summed E-state index contributed by atoms with van der Waals surface area (Å²) in [4.78, 5) is 0. The molecule has 0 amide bonds. The van der Waals surface area contributed by atoms with Crippen molar-refractivity contribution >= 4 is 7.14 Å². The normalized spacial score (nSPS) is 12.7. The summed E-state index contributed by atoms with van der Waals surface area (Å²) in [6.07, 6.45) is 5.05. The van der Waals surface area contributed by atoms with E-state index < -0.39 is 7.14 Å². The second kappa shape index (κ2) is 4.70. The Balaban J connectivity index is 3.44. The van der Waals surface area contributed by atoms with Crippen LogP contribution in [0.4, 0.5) is 0 Å². The van der Waals surface area contributed by atoms with Crippen LogP contribution in [0.1, 0.15) is 6.42 Å². The van der Waals surface area contributed by atoms with Gasteiger partial charge in [-0.05, 0) is 19.8 Å². The highest BCUT2D eigenvalue weighted by molar-refractivity contribution is 7.62. The molecule has 0 aromatic heterocycles. The molecule has 60 valence electrons. The average Bonchev–Trinajstić information content (AvgIpc) is 1.78. The fraction of sp³-hybridized carbons (Fsp3) is 0.714. The number of aliphatic hydroxyl groups excluding tert-OH is 1. The van der Waals surface area contributed by atoms with Gasteiger partial charge >= 0.3 is 0 Å². The van der Waals surface area contributed by atoms with Crippen LogP contribution in [0.15, 0.2) is 12.2 Å². The van der Waals surface area contributed by atoms with Crippen molar-refractivity contribution in [1.82, 2.24) is 0 Å². The summed E-state index contributed by atoms with van der Waals surface area (Å²) >= 11 is 0. The van der Waals surface area contributed by atoms with Gasteiger partial charge in [-0.2, -0.15) is 0 Å². The fourth-order valence-electron chi connectivity index (χ4n) is 0.521. The Bertz CT molecular complexity index is 146. The Labute approximate surface area is 62.3 Å². The maximum atomic E-state index is 11.1. The van der Waals surface area contributed by atoms with Gasteiger partial charge in [0.25, 0.3) is 0 Å². The SMILES string of the molecule is CP(C)(=O)CC=CCCO. The second-order valence-corrected chi connectivity index (χ2v) is 6.25. The third-order valence-corrected chi connectivity index (χ3v) is 2.10. The highest BCUT2D eigenvalue weighted by Crippen LogP contribution is 2.35. The molecule has 0 bridgehead atoms. The van der Waals surface area contributed by atoms with Crippen LogP contribution in [-0.4, -0.2) is 31.2 Å². The summed E-state index contributed by atoms with van der Waals surface area (Å²) < 4.78 is 11.1. The zero-order valence-electron chi connectivity index (χ0n) is 6.58. The van der Waals surface area contributed by atoms with Gasteiger partial charge in [-0.3, -0.25) is 0 Å². The van der Waals surface area contributed by atoms with Gasteiger partial charge in [0.2, 0.25) is 0 Å². The summed E-state index contributed by atoms with van der Waals surface area (Å²) in [6, 6.07) is 0. The average molecular weight is 162 g/mol. The van der Waals surface area contributed by atoms with Crippen molar-refractivity contribution in [2.45, 2.75) is 6.42 Å². The molecule has 0 aromatic carbocycles. The van der Waals surface area contributed by atoms with Crippen LogP contribution in [0.25, 0.3) is 0 Å². The van der Waals surface area contributed by atoms with Gasteiger partial charge in [0.05, 0.1) is 7.14 Å². The number of allylic oxidation sites excluding steroid dienone is 1. The van der Waals surface area contributed by atoms with E-state index in [1.807, 2.05) is 12.2 Å². The molecule has 0 atom stereocenters. The smallest absolute Gasteiger partial charge is 0.0854 e. The maximum absolute atomic E-state index is 11.1. The van der Waals surface area contributed by atoms with Crippen LogP contribution in [-0.2, 0) is 4.57 Å². The van der Waals surface area contributed by atoms with Crippen LogP contribution >= 0.6 is 7.14 Å². The van der Waals surface area contributed by atoms with Crippen molar-refractivity contribution in [3.8, 4) is 0 Å². The monoisotopic (exact) mass is 162 g/mol. The zero-order chi connectivity index (χ0) is 8.04. The third kappa shape index (κ3) is 7.93. The van der Waals surface area contributed by atoms with E-state index in [1.54, 1.807) is 13.3 Å². The lowest BCUT2D eigenvalue weighted by Gasteiger charge is -1.99. The van der Waals surface area contributed by atoms with Crippen LogP contribution in [0.5, 0.6) is 0 Å². The summed E-state index contributed by atoms with van der Waals surface area (Å²) in [6.45, 7) is 3.70. The Kier molecular flexibility index (Phi) is 4.67. The minimum atomic E-state index is -1.87. The van der Waals surface area contributed by atoms with Gasteiger partial charge in [0.1, 0.15) is 0 Å². The molecular formula is C7H15O2P. The predicted octanol–water partition coefficient (Wildman–Crippen LogP) is 1.55. The summed E-state index contributed by atoms with van der Waals surface area (Å²) in [5.41, 5.74) is 0. The van der Waals surface area contributed by atoms with Gasteiger partial charge in [0.15, 0.2) is 0 Å². The zero-order valence-corrected chi connectivity index (χ0v) is 7.47. The molecule has 0 aromatic rings. The van der Waals surface area contributed by atoms with Crippen molar-refractivity contribution in [1.29, 1.82) is 0 Å². The first kappa shape index (κ1) is 9.93. The van der Waals surface area contributed by atoms with E-state index in [-0.39, 0.29) is 6.61 Å². The van der Waals surface area contributed by atoms with Gasteiger partial charge in [-0.1, -0.05) is 12.2 Å². The summed E-state index contributed by atoms with van der Waals surface area (Å²) in [7, 11) is -1.87. The summed E-state index contributed by atoms with van der Waals surface area (Å²) in [5.74, 6) is 0. The van der Waals surface area contributed by atoms with Crippen molar-refractivity contribution < 1.29 is 9.67 Å². The standard InChI is InChI=1S/C7H15O2P/c1-10(2,9)7-5-3-4-6-8/h3,5,8H,4,6-7H2,1-2H3.